The van der Waals surface area contributed by atoms with Crippen LogP contribution in [0.1, 0.15) is 10.5 Å². The van der Waals surface area contributed by atoms with Crippen molar-refractivity contribution in [3.63, 3.8) is 0 Å². The van der Waals surface area contributed by atoms with Crippen molar-refractivity contribution >= 4 is 34.8 Å². The van der Waals surface area contributed by atoms with Crippen molar-refractivity contribution in [1.82, 2.24) is 9.78 Å². The Morgan fingerprint density at radius 2 is 1.94 bits per heavy atom. The van der Waals surface area contributed by atoms with E-state index in [1.54, 1.807) is 12.3 Å². The maximum Gasteiger partial charge on any atom is 0.269 e. The van der Waals surface area contributed by atoms with Crippen LogP contribution < -0.4 is 11.5 Å². The molecule has 0 saturated carbocycles. The fourth-order valence-corrected chi connectivity index (χ4v) is 1.67. The molecule has 0 saturated heterocycles. The highest BCUT2D eigenvalue weighted by Gasteiger charge is 2.10. The van der Waals surface area contributed by atoms with Gasteiger partial charge >= 0.3 is 0 Å². The lowest BCUT2D eigenvalue weighted by Crippen LogP contribution is -2.12. The summed E-state index contributed by atoms with van der Waals surface area (Å²) < 4.78 is 1.41. The molecular weight excluding hydrogens is 263 g/mol. The number of amides is 1. The number of nitrogens with zero attached hydrogens (tertiary/aromatic N) is 2. The van der Waals surface area contributed by atoms with Crippen molar-refractivity contribution in [1.29, 1.82) is 0 Å². The predicted molar refractivity (Wildman–Crippen MR) is 66.5 cm³/mol. The van der Waals surface area contributed by atoms with Crippen molar-refractivity contribution in [3.8, 4) is 5.69 Å². The molecule has 7 heteroatoms. The largest absolute Gasteiger partial charge is 0.397 e. The molecule has 1 aromatic carbocycles. The third-order valence-electron chi connectivity index (χ3n) is 2.16. The molecule has 5 nitrogen and oxygen atoms in total. The van der Waals surface area contributed by atoms with Crippen LogP contribution >= 0.6 is 23.2 Å². The molecule has 2 rings (SSSR count). The number of primary amides is 1. The van der Waals surface area contributed by atoms with E-state index in [4.69, 9.17) is 34.7 Å². The summed E-state index contributed by atoms with van der Waals surface area (Å²) in [5, 5.41) is 4.68. The number of benzene rings is 1. The van der Waals surface area contributed by atoms with Crippen LogP contribution in [0.15, 0.2) is 24.4 Å². The molecule has 0 aliphatic rings. The molecule has 88 valence electrons. The molecule has 0 radical (unpaired) electrons. The first-order valence-corrected chi connectivity index (χ1v) is 5.35. The first kappa shape index (κ1) is 11.8. The zero-order valence-corrected chi connectivity index (χ0v) is 10.0. The Balaban J connectivity index is 2.52. The molecule has 1 heterocycles. The van der Waals surface area contributed by atoms with Gasteiger partial charge in [0.1, 0.15) is 5.69 Å². The molecule has 0 fully saturated rings. The van der Waals surface area contributed by atoms with E-state index in [1.165, 1.54) is 16.8 Å². The number of hydrogen-bond donors (Lipinski definition) is 2. The minimum atomic E-state index is -0.609. The third kappa shape index (κ3) is 2.20. The number of anilines is 1. The zero-order valence-electron chi connectivity index (χ0n) is 8.52. The summed E-state index contributed by atoms with van der Waals surface area (Å²) in [6.07, 6.45) is 1.57. The van der Waals surface area contributed by atoms with E-state index >= 15 is 0 Å². The second kappa shape index (κ2) is 4.27. The van der Waals surface area contributed by atoms with Crippen LogP contribution in [0.5, 0.6) is 0 Å². The number of nitrogens with two attached hydrogens (primary N) is 2. The van der Waals surface area contributed by atoms with Crippen LogP contribution in [-0.2, 0) is 0 Å². The van der Waals surface area contributed by atoms with Gasteiger partial charge in [-0.05, 0) is 18.2 Å². The van der Waals surface area contributed by atoms with Gasteiger partial charge in [0.25, 0.3) is 5.91 Å². The number of carbonyl (C=O) groups is 1. The van der Waals surface area contributed by atoms with Crippen LogP contribution in [0.4, 0.5) is 5.69 Å². The van der Waals surface area contributed by atoms with Gasteiger partial charge in [-0.1, -0.05) is 23.2 Å². The second-order valence-electron chi connectivity index (χ2n) is 3.33. The lowest BCUT2D eigenvalue weighted by atomic mass is 10.3. The van der Waals surface area contributed by atoms with Gasteiger partial charge in [-0.15, -0.1) is 0 Å². The summed E-state index contributed by atoms with van der Waals surface area (Å²) in [4.78, 5) is 10.9. The summed E-state index contributed by atoms with van der Waals surface area (Å²) >= 11 is 11.7. The van der Waals surface area contributed by atoms with Crippen molar-refractivity contribution in [3.05, 3.63) is 40.1 Å². The molecule has 0 aliphatic carbocycles. The minimum absolute atomic E-state index is 0.149. The zero-order chi connectivity index (χ0) is 12.6. The van der Waals surface area contributed by atoms with Crippen molar-refractivity contribution in [2.24, 2.45) is 5.73 Å². The van der Waals surface area contributed by atoms with Crippen LogP contribution in [0, 0.1) is 0 Å². The predicted octanol–water partition coefficient (Wildman–Crippen LogP) is 1.86. The highest BCUT2D eigenvalue weighted by molar-refractivity contribution is 6.42. The summed E-state index contributed by atoms with van der Waals surface area (Å²) in [5.74, 6) is -0.609. The van der Waals surface area contributed by atoms with E-state index in [9.17, 15) is 4.79 Å². The van der Waals surface area contributed by atoms with Gasteiger partial charge in [0.15, 0.2) is 0 Å². The van der Waals surface area contributed by atoms with Crippen LogP contribution in [-0.4, -0.2) is 15.7 Å². The molecular formula is C10H8Cl2N4O. The van der Waals surface area contributed by atoms with Gasteiger partial charge in [-0.2, -0.15) is 5.10 Å². The summed E-state index contributed by atoms with van der Waals surface area (Å²) in [5.41, 5.74) is 12.0. The number of rotatable bonds is 2. The number of halogens is 2. The highest BCUT2D eigenvalue weighted by Crippen LogP contribution is 2.29. The SMILES string of the molecule is NC(=O)c1ccn(-c2cc(Cl)c(Cl)cc2N)n1. The van der Waals surface area contributed by atoms with Crippen LogP contribution in [0.2, 0.25) is 10.0 Å². The summed E-state index contributed by atoms with van der Waals surface area (Å²) in [6, 6.07) is 4.58. The average Bonchev–Trinajstić information content (AvgIpc) is 2.72. The van der Waals surface area contributed by atoms with Crippen molar-refractivity contribution < 1.29 is 4.79 Å². The van der Waals surface area contributed by atoms with Crippen LogP contribution in [0.25, 0.3) is 5.69 Å². The highest BCUT2D eigenvalue weighted by atomic mass is 35.5. The lowest BCUT2D eigenvalue weighted by Gasteiger charge is -2.07. The molecule has 0 bridgehead atoms. The topological polar surface area (TPSA) is 86.9 Å². The van der Waals surface area contributed by atoms with Gasteiger partial charge in [0, 0.05) is 6.20 Å². The monoisotopic (exact) mass is 270 g/mol. The Hall–Kier alpha value is -1.72. The van der Waals surface area contributed by atoms with E-state index in [0.29, 0.717) is 21.4 Å². The Bertz CT molecular complexity index is 594. The van der Waals surface area contributed by atoms with Gasteiger partial charge in [-0.25, -0.2) is 4.68 Å². The molecule has 1 amide bonds. The molecule has 2 aromatic rings. The number of carbonyl (C=O) groups excluding carboxylic acids is 1. The fraction of sp³-hybridized carbons (Fsp3) is 0. The minimum Gasteiger partial charge on any atom is -0.397 e. The van der Waals surface area contributed by atoms with E-state index in [2.05, 4.69) is 5.10 Å². The van der Waals surface area contributed by atoms with Gasteiger partial charge < -0.3 is 11.5 Å². The third-order valence-corrected chi connectivity index (χ3v) is 2.88. The van der Waals surface area contributed by atoms with E-state index in [1.807, 2.05) is 0 Å². The summed E-state index contributed by atoms with van der Waals surface area (Å²) in [7, 11) is 0. The van der Waals surface area contributed by atoms with E-state index in [0.717, 1.165) is 0 Å². The summed E-state index contributed by atoms with van der Waals surface area (Å²) in [6.45, 7) is 0. The van der Waals surface area contributed by atoms with Gasteiger partial charge in [-0.3, -0.25) is 4.79 Å². The molecule has 0 spiro atoms. The van der Waals surface area contributed by atoms with Crippen LogP contribution in [0.3, 0.4) is 0 Å². The number of aromatic nitrogens is 2. The average molecular weight is 271 g/mol. The lowest BCUT2D eigenvalue weighted by molar-refractivity contribution is 0.0995. The second-order valence-corrected chi connectivity index (χ2v) is 4.15. The number of hydrogen-bond acceptors (Lipinski definition) is 3. The maximum atomic E-state index is 10.9. The smallest absolute Gasteiger partial charge is 0.269 e. The molecule has 0 atom stereocenters. The van der Waals surface area contributed by atoms with E-state index in [-0.39, 0.29) is 5.69 Å². The molecule has 0 unspecified atom stereocenters. The van der Waals surface area contributed by atoms with Crippen molar-refractivity contribution in [2.45, 2.75) is 0 Å². The first-order valence-electron chi connectivity index (χ1n) is 4.59. The van der Waals surface area contributed by atoms with Gasteiger partial charge in [0.05, 0.1) is 21.4 Å². The normalized spacial score (nSPS) is 10.5. The maximum absolute atomic E-state index is 10.9. The standard InChI is InChI=1S/C10H8Cl2N4O/c11-5-3-7(13)9(4-6(5)12)16-2-1-8(15-16)10(14)17/h1-4H,13H2,(H2,14,17). The molecule has 1 aromatic heterocycles. The molecule has 0 aliphatic heterocycles. The molecule has 17 heavy (non-hydrogen) atoms. The first-order chi connectivity index (χ1) is 7.99. The Morgan fingerprint density at radius 1 is 1.29 bits per heavy atom. The Labute approximate surface area is 107 Å². The number of nitrogen functional groups attached to an aromatic ring is 1. The van der Waals surface area contributed by atoms with Gasteiger partial charge in [0.2, 0.25) is 0 Å². The Kier molecular flexibility index (Phi) is 2.95. The molecule has 4 N–H and O–H groups in total. The van der Waals surface area contributed by atoms with Crippen molar-refractivity contribution in [2.75, 3.05) is 5.73 Å². The Morgan fingerprint density at radius 3 is 2.53 bits per heavy atom. The van der Waals surface area contributed by atoms with E-state index < -0.39 is 5.91 Å². The fourth-order valence-electron chi connectivity index (χ4n) is 1.34. The quantitative estimate of drug-likeness (QED) is 0.817.